The molecular weight excluding hydrogens is 385 g/mol. The molecule has 0 fully saturated rings. The predicted octanol–water partition coefficient (Wildman–Crippen LogP) is 5.74. The van der Waals surface area contributed by atoms with Gasteiger partial charge in [-0.05, 0) is 61.4 Å². The van der Waals surface area contributed by atoms with Crippen molar-refractivity contribution in [2.75, 3.05) is 4.31 Å². The van der Waals surface area contributed by atoms with Crippen LogP contribution in [0.1, 0.15) is 24.1 Å². The van der Waals surface area contributed by atoms with Crippen molar-refractivity contribution >= 4 is 27.3 Å². The van der Waals surface area contributed by atoms with Crippen LogP contribution < -0.4 is 4.31 Å². The smallest absolute Gasteiger partial charge is 0.259 e. The van der Waals surface area contributed by atoms with Crippen LogP contribution in [0.3, 0.4) is 0 Å². The molecule has 3 aromatic rings. The molecule has 0 aliphatic heterocycles. The molecular formula is C21H19ClFNO2S. The topological polar surface area (TPSA) is 37.4 Å². The predicted molar refractivity (Wildman–Crippen MR) is 107 cm³/mol. The number of hydrogen-bond acceptors (Lipinski definition) is 2. The molecule has 0 unspecified atom stereocenters. The van der Waals surface area contributed by atoms with Gasteiger partial charge in [-0.25, -0.2) is 12.8 Å². The summed E-state index contributed by atoms with van der Waals surface area (Å²) in [6.45, 7) is 3.38. The lowest BCUT2D eigenvalue weighted by Crippen LogP contribution is -2.33. The molecule has 0 saturated heterocycles. The first-order chi connectivity index (χ1) is 12.8. The first kappa shape index (κ1) is 19.4. The van der Waals surface area contributed by atoms with Crippen LogP contribution in [0, 0.1) is 12.7 Å². The van der Waals surface area contributed by atoms with E-state index in [1.54, 1.807) is 62.4 Å². The Hall–Kier alpha value is -2.37. The fraction of sp³-hybridized carbons (Fsp3) is 0.143. The van der Waals surface area contributed by atoms with Crippen LogP contribution in [-0.2, 0) is 10.0 Å². The lowest BCUT2D eigenvalue weighted by Gasteiger charge is -2.31. The van der Waals surface area contributed by atoms with Gasteiger partial charge in [0.2, 0.25) is 0 Å². The van der Waals surface area contributed by atoms with Crippen molar-refractivity contribution in [3.8, 4) is 0 Å². The summed E-state index contributed by atoms with van der Waals surface area (Å²) in [5, 5.41) is 0.570. The third-order valence-electron chi connectivity index (χ3n) is 4.41. The molecule has 6 heteroatoms. The first-order valence-electron chi connectivity index (χ1n) is 8.42. The van der Waals surface area contributed by atoms with Crippen molar-refractivity contribution in [2.45, 2.75) is 24.8 Å². The Morgan fingerprint density at radius 3 is 2.19 bits per heavy atom. The van der Waals surface area contributed by atoms with Gasteiger partial charge in [0.1, 0.15) is 5.82 Å². The second-order valence-corrected chi connectivity index (χ2v) is 8.53. The number of hydrogen-bond donors (Lipinski definition) is 0. The van der Waals surface area contributed by atoms with Gasteiger partial charge in [-0.15, -0.1) is 0 Å². The molecule has 27 heavy (non-hydrogen) atoms. The Morgan fingerprint density at radius 2 is 1.59 bits per heavy atom. The molecule has 0 aliphatic rings. The highest BCUT2D eigenvalue weighted by molar-refractivity contribution is 7.92. The van der Waals surface area contributed by atoms with Crippen molar-refractivity contribution < 1.29 is 12.8 Å². The number of aryl methyl sites for hydroxylation is 1. The van der Waals surface area contributed by atoms with Crippen LogP contribution >= 0.6 is 11.6 Å². The summed E-state index contributed by atoms with van der Waals surface area (Å²) in [5.41, 5.74) is 1.67. The van der Waals surface area contributed by atoms with Crippen LogP contribution in [0.15, 0.2) is 77.7 Å². The molecule has 0 aliphatic carbocycles. The van der Waals surface area contributed by atoms with Crippen LogP contribution in [-0.4, -0.2) is 8.42 Å². The van der Waals surface area contributed by atoms with Gasteiger partial charge in [-0.1, -0.05) is 48.0 Å². The summed E-state index contributed by atoms with van der Waals surface area (Å²) in [7, 11) is -3.99. The quantitative estimate of drug-likeness (QED) is 0.544. The third kappa shape index (κ3) is 3.99. The Labute approximate surface area is 164 Å². The molecule has 0 spiro atoms. The van der Waals surface area contributed by atoms with E-state index in [0.29, 0.717) is 16.3 Å². The number of sulfonamides is 1. The zero-order valence-corrected chi connectivity index (χ0v) is 16.5. The highest BCUT2D eigenvalue weighted by Gasteiger charge is 2.30. The standard InChI is InChI=1S/C21H19ClFNO2S/c1-15-8-13-20(14-21(15)23)27(25,26)24(19-6-4-3-5-7-19)16(2)17-9-11-18(22)12-10-17/h3-14,16H,1-2H3/t16-/m0/s1. The van der Waals surface area contributed by atoms with Gasteiger partial charge >= 0.3 is 0 Å². The van der Waals surface area contributed by atoms with Crippen LogP contribution in [0.25, 0.3) is 0 Å². The van der Waals surface area contributed by atoms with E-state index in [1.807, 2.05) is 6.07 Å². The number of anilines is 1. The van der Waals surface area contributed by atoms with E-state index in [1.165, 1.54) is 16.4 Å². The summed E-state index contributed by atoms with van der Waals surface area (Å²) in [4.78, 5) is -0.0877. The van der Waals surface area contributed by atoms with E-state index in [4.69, 9.17) is 11.6 Å². The molecule has 0 aromatic heterocycles. The number of benzene rings is 3. The first-order valence-corrected chi connectivity index (χ1v) is 10.2. The monoisotopic (exact) mass is 403 g/mol. The average Bonchev–Trinajstić information content (AvgIpc) is 2.65. The fourth-order valence-corrected chi connectivity index (χ4v) is 4.65. The van der Waals surface area contributed by atoms with Crippen LogP contribution in [0.5, 0.6) is 0 Å². The van der Waals surface area contributed by atoms with Gasteiger partial charge < -0.3 is 0 Å². The second-order valence-electron chi connectivity index (χ2n) is 6.27. The van der Waals surface area contributed by atoms with Gasteiger partial charge in [0, 0.05) is 5.02 Å². The van der Waals surface area contributed by atoms with Crippen LogP contribution in [0.2, 0.25) is 5.02 Å². The number of nitrogens with zero attached hydrogens (tertiary/aromatic N) is 1. The SMILES string of the molecule is Cc1ccc(S(=O)(=O)N(c2ccccc2)[C@@H](C)c2ccc(Cl)cc2)cc1F. The molecule has 0 amide bonds. The van der Waals surface area contributed by atoms with Crippen molar-refractivity contribution in [3.05, 3.63) is 94.8 Å². The van der Waals surface area contributed by atoms with Crippen molar-refractivity contribution in [3.63, 3.8) is 0 Å². The number of halogens is 2. The van der Waals surface area contributed by atoms with Gasteiger partial charge in [-0.3, -0.25) is 4.31 Å². The van der Waals surface area contributed by atoms with Crippen molar-refractivity contribution in [2.24, 2.45) is 0 Å². The highest BCUT2D eigenvalue weighted by atomic mass is 35.5. The molecule has 3 aromatic carbocycles. The van der Waals surface area contributed by atoms with E-state index in [2.05, 4.69) is 0 Å². The Bertz CT molecular complexity index is 1040. The fourth-order valence-electron chi connectivity index (χ4n) is 2.87. The molecule has 3 nitrogen and oxygen atoms in total. The minimum Gasteiger partial charge on any atom is -0.259 e. The summed E-state index contributed by atoms with van der Waals surface area (Å²) in [6, 6.07) is 19.2. The highest BCUT2D eigenvalue weighted by Crippen LogP contribution is 2.33. The molecule has 0 heterocycles. The summed E-state index contributed by atoms with van der Waals surface area (Å²) >= 11 is 5.96. The molecule has 1 atom stereocenters. The zero-order valence-electron chi connectivity index (χ0n) is 14.9. The minimum atomic E-state index is -3.99. The molecule has 0 N–H and O–H groups in total. The lowest BCUT2D eigenvalue weighted by atomic mass is 10.1. The average molecular weight is 404 g/mol. The van der Waals surface area contributed by atoms with E-state index in [9.17, 15) is 12.8 Å². The second kappa shape index (κ2) is 7.71. The Kier molecular flexibility index (Phi) is 5.53. The van der Waals surface area contributed by atoms with E-state index in [-0.39, 0.29) is 4.90 Å². The van der Waals surface area contributed by atoms with Crippen molar-refractivity contribution in [1.29, 1.82) is 0 Å². The largest absolute Gasteiger partial charge is 0.264 e. The maximum absolute atomic E-state index is 14.0. The summed E-state index contributed by atoms with van der Waals surface area (Å²) in [6.07, 6.45) is 0. The van der Waals surface area contributed by atoms with Crippen LogP contribution in [0.4, 0.5) is 10.1 Å². The van der Waals surface area contributed by atoms with E-state index >= 15 is 0 Å². The molecule has 0 radical (unpaired) electrons. The summed E-state index contributed by atoms with van der Waals surface area (Å²) < 4.78 is 42.2. The third-order valence-corrected chi connectivity index (χ3v) is 6.56. The Balaban J connectivity index is 2.14. The molecule has 0 bridgehead atoms. The van der Waals surface area contributed by atoms with Gasteiger partial charge in [0.15, 0.2) is 0 Å². The van der Waals surface area contributed by atoms with E-state index in [0.717, 1.165) is 11.6 Å². The van der Waals surface area contributed by atoms with E-state index < -0.39 is 21.9 Å². The normalized spacial score (nSPS) is 12.6. The van der Waals surface area contributed by atoms with Gasteiger partial charge in [0.05, 0.1) is 16.6 Å². The summed E-state index contributed by atoms with van der Waals surface area (Å²) in [5.74, 6) is -0.553. The number of para-hydroxylation sites is 1. The van der Waals surface area contributed by atoms with Gasteiger partial charge in [0.25, 0.3) is 10.0 Å². The molecule has 0 saturated carbocycles. The maximum Gasteiger partial charge on any atom is 0.264 e. The Morgan fingerprint density at radius 1 is 0.963 bits per heavy atom. The van der Waals surface area contributed by atoms with Crippen molar-refractivity contribution in [1.82, 2.24) is 0 Å². The lowest BCUT2D eigenvalue weighted by molar-refractivity contribution is 0.578. The molecule has 140 valence electrons. The minimum absolute atomic E-state index is 0.0877. The maximum atomic E-state index is 14.0. The zero-order chi connectivity index (χ0) is 19.6. The molecule has 3 rings (SSSR count). The van der Waals surface area contributed by atoms with Gasteiger partial charge in [-0.2, -0.15) is 0 Å². The number of rotatable bonds is 5.